The number of halogens is 3. The van der Waals surface area contributed by atoms with E-state index in [9.17, 15) is 22.8 Å². The van der Waals surface area contributed by atoms with Crippen LogP contribution in [0.25, 0.3) is 0 Å². The lowest BCUT2D eigenvalue weighted by molar-refractivity contribution is -0.138. The minimum atomic E-state index is -4.49. The van der Waals surface area contributed by atoms with Gasteiger partial charge in [-0.05, 0) is 41.7 Å². The highest BCUT2D eigenvalue weighted by Crippen LogP contribution is 2.52. The fourth-order valence-corrected chi connectivity index (χ4v) is 6.48. The molecule has 0 N–H and O–H groups in total. The minimum Gasteiger partial charge on any atom is -0.334 e. The maximum absolute atomic E-state index is 13.4. The van der Waals surface area contributed by atoms with Crippen LogP contribution in [-0.2, 0) is 19.3 Å². The van der Waals surface area contributed by atoms with Gasteiger partial charge in [0.1, 0.15) is 5.69 Å². The maximum atomic E-state index is 13.4. The molecule has 1 aromatic carbocycles. The second-order valence-corrected chi connectivity index (χ2v) is 11.2. The summed E-state index contributed by atoms with van der Waals surface area (Å²) in [7, 11) is 0. The van der Waals surface area contributed by atoms with Gasteiger partial charge in [0.15, 0.2) is 5.69 Å². The van der Waals surface area contributed by atoms with E-state index in [0.717, 1.165) is 25.3 Å². The molecule has 2 amide bonds. The van der Waals surface area contributed by atoms with Crippen LogP contribution in [0.5, 0.6) is 0 Å². The Morgan fingerprint density at radius 2 is 1.88 bits per heavy atom. The van der Waals surface area contributed by atoms with E-state index in [2.05, 4.69) is 25.9 Å². The van der Waals surface area contributed by atoms with Crippen molar-refractivity contribution in [2.45, 2.75) is 65.3 Å². The summed E-state index contributed by atoms with van der Waals surface area (Å²) < 4.78 is 41.7. The van der Waals surface area contributed by atoms with Crippen molar-refractivity contribution >= 4 is 11.8 Å². The summed E-state index contributed by atoms with van der Waals surface area (Å²) in [6.45, 7) is 7.80. The molecule has 182 valence electrons. The molecule has 3 heterocycles. The second kappa shape index (κ2) is 7.58. The highest BCUT2D eigenvalue weighted by atomic mass is 19.4. The van der Waals surface area contributed by atoms with Crippen molar-refractivity contribution in [3.05, 3.63) is 52.8 Å². The van der Waals surface area contributed by atoms with Gasteiger partial charge in [-0.2, -0.15) is 18.3 Å². The molecule has 0 radical (unpaired) electrons. The van der Waals surface area contributed by atoms with Crippen LogP contribution in [0, 0.1) is 10.8 Å². The number of alkyl halides is 3. The van der Waals surface area contributed by atoms with Gasteiger partial charge in [-0.15, -0.1) is 0 Å². The largest absolute Gasteiger partial charge is 0.416 e. The number of nitrogens with zero attached hydrogens (tertiary/aromatic N) is 4. The molecule has 2 aliphatic heterocycles. The SMILES string of the molecule is CC1(C)CC2CC(C)(CN2C(=O)c2cc3n(n2)CCN(Cc2ccccc2C(F)(F)F)C3=O)C1. The van der Waals surface area contributed by atoms with Crippen LogP contribution < -0.4 is 0 Å². The molecule has 1 aromatic heterocycles. The van der Waals surface area contributed by atoms with Gasteiger partial charge in [0.25, 0.3) is 11.8 Å². The predicted octanol–water partition coefficient (Wildman–Crippen LogP) is 4.60. The third-order valence-corrected chi connectivity index (χ3v) is 7.45. The topological polar surface area (TPSA) is 58.4 Å². The Labute approximate surface area is 196 Å². The Morgan fingerprint density at radius 3 is 2.62 bits per heavy atom. The highest BCUT2D eigenvalue weighted by Gasteiger charge is 2.51. The zero-order valence-electron chi connectivity index (χ0n) is 19.7. The lowest BCUT2D eigenvalue weighted by Crippen LogP contribution is -2.40. The van der Waals surface area contributed by atoms with E-state index >= 15 is 0 Å². The van der Waals surface area contributed by atoms with Crippen molar-refractivity contribution in [1.29, 1.82) is 0 Å². The predicted molar refractivity (Wildman–Crippen MR) is 119 cm³/mol. The number of hydrogen-bond acceptors (Lipinski definition) is 3. The van der Waals surface area contributed by atoms with Gasteiger partial charge in [0, 0.05) is 31.7 Å². The van der Waals surface area contributed by atoms with Gasteiger partial charge in [-0.3, -0.25) is 14.3 Å². The monoisotopic (exact) mass is 474 g/mol. The minimum absolute atomic E-state index is 0.0489. The number of carbonyl (C=O) groups is 2. The molecular formula is C25H29F3N4O2. The molecule has 2 aromatic rings. The molecule has 2 bridgehead atoms. The van der Waals surface area contributed by atoms with Gasteiger partial charge < -0.3 is 9.80 Å². The van der Waals surface area contributed by atoms with Crippen LogP contribution in [0.3, 0.4) is 0 Å². The molecule has 2 unspecified atom stereocenters. The molecule has 34 heavy (non-hydrogen) atoms. The number of fused-ring (bicyclic) bond motifs is 3. The Hall–Kier alpha value is -2.84. The molecule has 0 spiro atoms. The zero-order chi connectivity index (χ0) is 24.5. The zero-order valence-corrected chi connectivity index (χ0v) is 19.7. The summed E-state index contributed by atoms with van der Waals surface area (Å²) >= 11 is 0. The van der Waals surface area contributed by atoms with Gasteiger partial charge in [0.05, 0.1) is 12.1 Å². The molecule has 2 fully saturated rings. The highest BCUT2D eigenvalue weighted by molar-refractivity contribution is 5.98. The number of amides is 2. The average molecular weight is 475 g/mol. The Balaban J connectivity index is 1.36. The molecule has 5 rings (SSSR count). The lowest BCUT2D eigenvalue weighted by Gasteiger charge is -2.39. The molecule has 6 nitrogen and oxygen atoms in total. The number of aromatic nitrogens is 2. The molecule has 3 aliphatic rings. The maximum Gasteiger partial charge on any atom is 0.416 e. The van der Waals surface area contributed by atoms with Crippen molar-refractivity contribution in [2.75, 3.05) is 13.1 Å². The van der Waals surface area contributed by atoms with Crippen molar-refractivity contribution in [1.82, 2.24) is 19.6 Å². The molecule has 1 saturated carbocycles. The van der Waals surface area contributed by atoms with E-state index in [0.29, 0.717) is 13.1 Å². The number of hydrogen-bond donors (Lipinski definition) is 0. The van der Waals surface area contributed by atoms with E-state index in [-0.39, 0.29) is 52.8 Å². The Bertz CT molecular complexity index is 1160. The van der Waals surface area contributed by atoms with Gasteiger partial charge >= 0.3 is 6.18 Å². The standard InChI is InChI=1S/C25H29F3N4O2/c1-23(2)11-17-12-24(3,14-23)15-31(17)21(33)19-10-20-22(34)30(8-9-32(20)29-19)13-16-6-4-5-7-18(16)25(26,27)28/h4-7,10,17H,8-9,11-15H2,1-3H3. The van der Waals surface area contributed by atoms with E-state index < -0.39 is 17.6 Å². The normalized spacial score (nSPS) is 26.1. The van der Waals surface area contributed by atoms with E-state index in [4.69, 9.17) is 0 Å². The summed E-state index contributed by atoms with van der Waals surface area (Å²) in [5, 5.41) is 4.42. The summed E-state index contributed by atoms with van der Waals surface area (Å²) in [4.78, 5) is 29.8. The summed E-state index contributed by atoms with van der Waals surface area (Å²) in [6.07, 6.45) is -1.52. The first kappa shape index (κ1) is 22.9. The summed E-state index contributed by atoms with van der Waals surface area (Å²) in [6, 6.07) is 6.96. The number of carbonyl (C=O) groups excluding carboxylic acids is 2. The van der Waals surface area contributed by atoms with Crippen LogP contribution in [0.1, 0.15) is 72.1 Å². The molecule has 2 atom stereocenters. The van der Waals surface area contributed by atoms with Crippen molar-refractivity contribution < 1.29 is 22.8 Å². The molecule has 9 heteroatoms. The Morgan fingerprint density at radius 1 is 1.15 bits per heavy atom. The van der Waals surface area contributed by atoms with Crippen molar-refractivity contribution in [2.24, 2.45) is 10.8 Å². The third kappa shape index (κ3) is 3.99. The van der Waals surface area contributed by atoms with Gasteiger partial charge in [-0.25, -0.2) is 0 Å². The van der Waals surface area contributed by atoms with E-state index in [1.165, 1.54) is 33.8 Å². The van der Waals surface area contributed by atoms with Gasteiger partial charge in [-0.1, -0.05) is 39.0 Å². The fraction of sp³-hybridized carbons (Fsp3) is 0.560. The Kier molecular flexibility index (Phi) is 5.11. The number of benzene rings is 1. The lowest BCUT2D eigenvalue weighted by atomic mass is 9.65. The quantitative estimate of drug-likeness (QED) is 0.654. The summed E-state index contributed by atoms with van der Waals surface area (Å²) in [5.74, 6) is -0.585. The fourth-order valence-electron chi connectivity index (χ4n) is 6.48. The molecule has 1 aliphatic carbocycles. The van der Waals surface area contributed by atoms with Crippen molar-refractivity contribution in [3.8, 4) is 0 Å². The van der Waals surface area contributed by atoms with Crippen LogP contribution in [0.4, 0.5) is 13.2 Å². The van der Waals surface area contributed by atoms with E-state index in [1.807, 2.05) is 4.90 Å². The smallest absolute Gasteiger partial charge is 0.334 e. The first-order valence-corrected chi connectivity index (χ1v) is 11.7. The number of likely N-dealkylation sites (tertiary alicyclic amines) is 1. The molecule has 1 saturated heterocycles. The van der Waals surface area contributed by atoms with Crippen LogP contribution in [-0.4, -0.2) is 50.5 Å². The van der Waals surface area contributed by atoms with E-state index in [1.54, 1.807) is 0 Å². The van der Waals surface area contributed by atoms with Crippen molar-refractivity contribution in [3.63, 3.8) is 0 Å². The first-order valence-electron chi connectivity index (χ1n) is 11.7. The third-order valence-electron chi connectivity index (χ3n) is 7.45. The van der Waals surface area contributed by atoms with Gasteiger partial charge in [0.2, 0.25) is 0 Å². The van der Waals surface area contributed by atoms with Crippen LogP contribution >= 0.6 is 0 Å². The average Bonchev–Trinajstić information content (AvgIpc) is 3.27. The first-order chi connectivity index (χ1) is 15.9. The van der Waals surface area contributed by atoms with Crippen LogP contribution in [0.2, 0.25) is 0 Å². The number of rotatable bonds is 3. The summed E-state index contributed by atoms with van der Waals surface area (Å²) in [5.41, 5.74) is 0.0354. The second-order valence-electron chi connectivity index (χ2n) is 11.2. The van der Waals surface area contributed by atoms with Crippen LogP contribution in [0.15, 0.2) is 30.3 Å². The molecular weight excluding hydrogens is 445 g/mol.